The van der Waals surface area contributed by atoms with Crippen molar-refractivity contribution in [1.29, 1.82) is 5.26 Å². The summed E-state index contributed by atoms with van der Waals surface area (Å²) < 4.78 is 37.3. The monoisotopic (exact) mass is 311 g/mol. The number of benzene rings is 1. The van der Waals surface area contributed by atoms with Crippen molar-refractivity contribution in [3.05, 3.63) is 32.9 Å². The van der Waals surface area contributed by atoms with Crippen LogP contribution in [0.2, 0.25) is 0 Å². The van der Waals surface area contributed by atoms with E-state index in [0.29, 0.717) is 5.56 Å². The van der Waals surface area contributed by atoms with E-state index in [9.17, 15) is 13.2 Å². The molecular weight excluding hydrogens is 306 g/mol. The summed E-state index contributed by atoms with van der Waals surface area (Å²) in [7, 11) is 0. The molecule has 0 radical (unpaired) electrons. The number of hydrogen-bond acceptors (Lipinski definition) is 1. The van der Waals surface area contributed by atoms with Crippen molar-refractivity contribution in [2.75, 3.05) is 0 Å². The zero-order valence-electron chi connectivity index (χ0n) is 6.90. The minimum absolute atomic E-state index is 0.000000000000000222. The molecule has 0 aromatic heterocycles. The quantitative estimate of drug-likeness (QED) is 0.730. The van der Waals surface area contributed by atoms with Crippen molar-refractivity contribution >= 4 is 22.6 Å². The zero-order chi connectivity index (χ0) is 10.8. The Labute approximate surface area is 92.7 Å². The summed E-state index contributed by atoms with van der Waals surface area (Å²) >= 11 is 1.63. The Morgan fingerprint density at radius 2 is 2.00 bits per heavy atom. The summed E-state index contributed by atoms with van der Waals surface area (Å²) in [5.41, 5.74) is -0.286. The van der Waals surface area contributed by atoms with E-state index < -0.39 is 11.7 Å². The summed E-state index contributed by atoms with van der Waals surface area (Å²) in [6, 6.07) is 5.73. The maximum absolute atomic E-state index is 12.4. The fourth-order valence-electron chi connectivity index (χ4n) is 0.991. The van der Waals surface area contributed by atoms with Gasteiger partial charge in [0, 0.05) is 3.57 Å². The van der Waals surface area contributed by atoms with Gasteiger partial charge in [0.15, 0.2) is 0 Å². The molecule has 0 atom stereocenters. The lowest BCUT2D eigenvalue weighted by atomic mass is 10.1. The molecule has 5 heteroatoms. The molecule has 0 bridgehead atoms. The Morgan fingerprint density at radius 3 is 2.50 bits per heavy atom. The Balaban J connectivity index is 3.17. The zero-order valence-corrected chi connectivity index (χ0v) is 9.06. The lowest BCUT2D eigenvalue weighted by Gasteiger charge is -2.09. The van der Waals surface area contributed by atoms with E-state index >= 15 is 0 Å². The standard InChI is InChI=1S/C9H5F3IN/c10-9(11,12)7-5-6(3-4-14)1-2-8(7)13/h1-2,5H,3H2. The topological polar surface area (TPSA) is 23.8 Å². The summed E-state index contributed by atoms with van der Waals surface area (Å²) in [6.07, 6.45) is -4.35. The lowest BCUT2D eigenvalue weighted by Crippen LogP contribution is -2.08. The molecule has 0 saturated carbocycles. The Bertz CT molecular complexity index is 379. The van der Waals surface area contributed by atoms with E-state index in [1.54, 1.807) is 22.6 Å². The molecule has 1 nitrogen and oxygen atoms in total. The van der Waals surface area contributed by atoms with Crippen LogP contribution in [-0.2, 0) is 12.6 Å². The molecule has 0 aliphatic carbocycles. The molecule has 1 aromatic carbocycles. The van der Waals surface area contributed by atoms with Gasteiger partial charge in [-0.25, -0.2) is 0 Å². The van der Waals surface area contributed by atoms with Crippen LogP contribution in [0.5, 0.6) is 0 Å². The van der Waals surface area contributed by atoms with E-state index in [1.807, 2.05) is 6.07 Å². The third kappa shape index (κ3) is 2.61. The molecule has 1 rings (SSSR count). The number of alkyl halides is 3. The van der Waals surface area contributed by atoms with Gasteiger partial charge in [-0.1, -0.05) is 6.07 Å². The fourth-order valence-corrected chi connectivity index (χ4v) is 1.63. The first-order valence-electron chi connectivity index (χ1n) is 3.67. The largest absolute Gasteiger partial charge is 0.417 e. The average Bonchev–Trinajstić information content (AvgIpc) is 2.07. The first-order chi connectivity index (χ1) is 6.45. The van der Waals surface area contributed by atoms with Gasteiger partial charge in [-0.15, -0.1) is 0 Å². The van der Waals surface area contributed by atoms with Crippen molar-refractivity contribution < 1.29 is 13.2 Å². The van der Waals surface area contributed by atoms with Crippen molar-refractivity contribution in [1.82, 2.24) is 0 Å². The predicted octanol–water partition coefficient (Wildman–Crippen LogP) is 3.38. The number of nitrogens with zero attached hydrogens (tertiary/aromatic N) is 1. The Hall–Kier alpha value is -0.770. The van der Waals surface area contributed by atoms with Crippen LogP contribution in [0.25, 0.3) is 0 Å². The van der Waals surface area contributed by atoms with Crippen molar-refractivity contribution in [3.63, 3.8) is 0 Å². The van der Waals surface area contributed by atoms with Crippen LogP contribution in [0.3, 0.4) is 0 Å². The highest BCUT2D eigenvalue weighted by Crippen LogP contribution is 2.33. The Morgan fingerprint density at radius 1 is 1.36 bits per heavy atom. The fraction of sp³-hybridized carbons (Fsp3) is 0.222. The SMILES string of the molecule is N#CCc1ccc(I)c(C(F)(F)F)c1. The molecule has 74 valence electrons. The van der Waals surface area contributed by atoms with Crippen molar-refractivity contribution in [3.8, 4) is 6.07 Å². The van der Waals surface area contributed by atoms with Gasteiger partial charge < -0.3 is 0 Å². The molecule has 0 saturated heterocycles. The average molecular weight is 311 g/mol. The highest BCUT2D eigenvalue weighted by molar-refractivity contribution is 14.1. The molecule has 0 N–H and O–H groups in total. The van der Waals surface area contributed by atoms with Gasteiger partial charge in [0.1, 0.15) is 0 Å². The van der Waals surface area contributed by atoms with Crippen LogP contribution in [0.4, 0.5) is 13.2 Å². The van der Waals surface area contributed by atoms with Crippen LogP contribution < -0.4 is 0 Å². The molecule has 0 heterocycles. The molecule has 14 heavy (non-hydrogen) atoms. The third-order valence-electron chi connectivity index (χ3n) is 1.62. The third-order valence-corrected chi connectivity index (χ3v) is 2.56. The number of hydrogen-bond donors (Lipinski definition) is 0. The molecule has 0 spiro atoms. The van der Waals surface area contributed by atoms with Gasteiger partial charge >= 0.3 is 6.18 Å². The second-order valence-electron chi connectivity index (χ2n) is 2.65. The van der Waals surface area contributed by atoms with Crippen LogP contribution in [-0.4, -0.2) is 0 Å². The summed E-state index contributed by atoms with van der Waals surface area (Å²) in [5.74, 6) is 0. The van der Waals surface area contributed by atoms with Gasteiger partial charge in [-0.2, -0.15) is 18.4 Å². The summed E-state index contributed by atoms with van der Waals surface area (Å²) in [4.78, 5) is 0. The molecule has 0 unspecified atom stereocenters. The number of nitriles is 1. The van der Waals surface area contributed by atoms with E-state index in [2.05, 4.69) is 0 Å². The van der Waals surface area contributed by atoms with Gasteiger partial charge in [0.05, 0.1) is 18.1 Å². The van der Waals surface area contributed by atoms with Crippen LogP contribution >= 0.6 is 22.6 Å². The van der Waals surface area contributed by atoms with Gasteiger partial charge in [0.25, 0.3) is 0 Å². The van der Waals surface area contributed by atoms with Gasteiger partial charge in [-0.3, -0.25) is 0 Å². The van der Waals surface area contributed by atoms with Gasteiger partial charge in [0.2, 0.25) is 0 Å². The minimum Gasteiger partial charge on any atom is -0.198 e. The second-order valence-corrected chi connectivity index (χ2v) is 3.81. The Kier molecular flexibility index (Phi) is 3.37. The maximum Gasteiger partial charge on any atom is 0.417 e. The van der Waals surface area contributed by atoms with Gasteiger partial charge in [-0.05, 0) is 40.3 Å². The van der Waals surface area contributed by atoms with E-state index in [0.717, 1.165) is 6.07 Å². The molecule has 0 amide bonds. The van der Waals surface area contributed by atoms with Crippen molar-refractivity contribution in [2.24, 2.45) is 0 Å². The second kappa shape index (κ2) is 4.17. The lowest BCUT2D eigenvalue weighted by molar-refractivity contribution is -0.138. The molecule has 0 aliphatic heterocycles. The molecule has 1 aromatic rings. The van der Waals surface area contributed by atoms with Crippen LogP contribution in [0.1, 0.15) is 11.1 Å². The number of rotatable bonds is 1. The maximum atomic E-state index is 12.4. The molecule has 0 fully saturated rings. The van der Waals surface area contributed by atoms with Crippen molar-refractivity contribution in [2.45, 2.75) is 12.6 Å². The molecule has 0 aliphatic rings. The summed E-state index contributed by atoms with van der Waals surface area (Å²) in [6.45, 7) is 0. The van der Waals surface area contributed by atoms with E-state index in [-0.39, 0.29) is 9.99 Å². The predicted molar refractivity (Wildman–Crippen MR) is 53.5 cm³/mol. The van der Waals surface area contributed by atoms with E-state index in [4.69, 9.17) is 5.26 Å². The van der Waals surface area contributed by atoms with Crippen LogP contribution in [0.15, 0.2) is 18.2 Å². The smallest absolute Gasteiger partial charge is 0.198 e. The summed E-state index contributed by atoms with van der Waals surface area (Å²) in [5, 5.41) is 8.35. The number of halogens is 4. The highest BCUT2D eigenvalue weighted by Gasteiger charge is 2.32. The minimum atomic E-state index is -4.35. The molecular formula is C9H5F3IN. The highest BCUT2D eigenvalue weighted by atomic mass is 127. The first kappa shape index (κ1) is 11.3. The first-order valence-corrected chi connectivity index (χ1v) is 4.75. The normalized spacial score (nSPS) is 11.1. The van der Waals surface area contributed by atoms with E-state index in [1.165, 1.54) is 12.1 Å². The van der Waals surface area contributed by atoms with Crippen LogP contribution in [0, 0.1) is 14.9 Å².